The molecule has 4 aromatic rings. The lowest BCUT2D eigenvalue weighted by atomic mass is 10.1. The highest BCUT2D eigenvalue weighted by atomic mass is 32.1. The van der Waals surface area contributed by atoms with Gasteiger partial charge in [0.15, 0.2) is 5.13 Å². The first-order valence-corrected chi connectivity index (χ1v) is 11.2. The SMILES string of the molecule is C[C@H](C(N)=O)N(c1ccc(F)cc1)c1nc(N)c(C(=O)c2cc(-c3ccc(OC(F)(F)F)cc3)no2)s1. The molecule has 2 heterocycles. The van der Waals surface area contributed by atoms with E-state index in [9.17, 15) is 27.2 Å². The molecule has 1 atom stereocenters. The summed E-state index contributed by atoms with van der Waals surface area (Å²) in [5.74, 6) is -2.63. The van der Waals surface area contributed by atoms with Crippen LogP contribution in [0.5, 0.6) is 5.75 Å². The minimum absolute atomic E-state index is 0.0181. The molecule has 4 N–H and O–H groups in total. The molecule has 0 bridgehead atoms. The van der Waals surface area contributed by atoms with Crippen molar-refractivity contribution >= 4 is 39.7 Å². The molecule has 2 aromatic carbocycles. The van der Waals surface area contributed by atoms with E-state index in [-0.39, 0.29) is 27.3 Å². The molecule has 0 saturated carbocycles. The monoisotopic (exact) mass is 535 g/mol. The van der Waals surface area contributed by atoms with Gasteiger partial charge in [0.1, 0.15) is 34.0 Å². The molecule has 0 saturated heterocycles. The summed E-state index contributed by atoms with van der Waals surface area (Å²) in [6.45, 7) is 1.51. The fraction of sp³-hybridized carbons (Fsp3) is 0.130. The number of rotatable bonds is 8. The van der Waals surface area contributed by atoms with E-state index in [2.05, 4.69) is 14.9 Å². The number of nitrogen functional groups attached to an aromatic ring is 1. The molecule has 0 aliphatic rings. The number of hydrogen-bond donors (Lipinski definition) is 2. The zero-order valence-electron chi connectivity index (χ0n) is 18.8. The first-order valence-electron chi connectivity index (χ1n) is 10.4. The van der Waals surface area contributed by atoms with Gasteiger partial charge < -0.3 is 25.6 Å². The van der Waals surface area contributed by atoms with E-state index in [0.29, 0.717) is 11.3 Å². The summed E-state index contributed by atoms with van der Waals surface area (Å²) in [4.78, 5) is 30.6. The van der Waals surface area contributed by atoms with Gasteiger partial charge in [-0.05, 0) is 55.5 Å². The Kier molecular flexibility index (Phi) is 6.85. The average Bonchev–Trinajstić information content (AvgIpc) is 3.47. The van der Waals surface area contributed by atoms with Gasteiger partial charge in [0, 0.05) is 17.3 Å². The molecule has 1 amide bonds. The van der Waals surface area contributed by atoms with E-state index < -0.39 is 35.7 Å². The normalized spacial score (nSPS) is 12.2. The minimum Gasteiger partial charge on any atom is -0.406 e. The number of ether oxygens (including phenoxy) is 1. The Bertz CT molecular complexity index is 1430. The first kappa shape index (κ1) is 25.6. The maximum absolute atomic E-state index is 13.4. The predicted octanol–water partition coefficient (Wildman–Crippen LogP) is 4.66. The van der Waals surface area contributed by atoms with Gasteiger partial charge >= 0.3 is 6.36 Å². The first-order chi connectivity index (χ1) is 17.4. The summed E-state index contributed by atoms with van der Waals surface area (Å²) < 4.78 is 59.5. The van der Waals surface area contributed by atoms with Gasteiger partial charge in [-0.2, -0.15) is 0 Å². The smallest absolute Gasteiger partial charge is 0.406 e. The van der Waals surface area contributed by atoms with Crippen LogP contribution in [0.4, 0.5) is 34.2 Å². The van der Waals surface area contributed by atoms with Gasteiger partial charge in [0.25, 0.3) is 0 Å². The van der Waals surface area contributed by atoms with Crippen LogP contribution in [0.15, 0.2) is 59.1 Å². The van der Waals surface area contributed by atoms with Crippen LogP contribution < -0.4 is 21.1 Å². The Labute approximate surface area is 210 Å². The van der Waals surface area contributed by atoms with E-state index in [1.165, 1.54) is 54.3 Å². The lowest BCUT2D eigenvalue weighted by molar-refractivity contribution is -0.274. The fourth-order valence-electron chi connectivity index (χ4n) is 3.27. The van der Waals surface area contributed by atoms with Gasteiger partial charge in [-0.25, -0.2) is 9.37 Å². The average molecular weight is 535 g/mol. The van der Waals surface area contributed by atoms with Crippen molar-refractivity contribution in [3.05, 3.63) is 71.1 Å². The van der Waals surface area contributed by atoms with E-state index in [4.69, 9.17) is 16.0 Å². The van der Waals surface area contributed by atoms with Gasteiger partial charge in [0.05, 0.1) is 0 Å². The van der Waals surface area contributed by atoms with Crippen molar-refractivity contribution in [3.63, 3.8) is 0 Å². The van der Waals surface area contributed by atoms with Crippen molar-refractivity contribution in [3.8, 4) is 17.0 Å². The maximum atomic E-state index is 13.4. The third-order valence-corrected chi connectivity index (χ3v) is 6.15. The predicted molar refractivity (Wildman–Crippen MR) is 126 cm³/mol. The lowest BCUT2D eigenvalue weighted by Gasteiger charge is -2.26. The Morgan fingerprint density at radius 1 is 1.11 bits per heavy atom. The number of hydrogen-bond acceptors (Lipinski definition) is 9. The molecule has 2 aromatic heterocycles. The van der Waals surface area contributed by atoms with Crippen molar-refractivity contribution in [1.29, 1.82) is 0 Å². The number of nitrogens with two attached hydrogens (primary N) is 2. The number of thiazole rings is 1. The number of nitrogens with zero attached hydrogens (tertiary/aromatic N) is 3. The molecule has 9 nitrogen and oxygen atoms in total. The summed E-state index contributed by atoms with van der Waals surface area (Å²) in [7, 11) is 0. The molecule has 0 radical (unpaired) electrons. The summed E-state index contributed by atoms with van der Waals surface area (Å²) >= 11 is 0.855. The number of amides is 1. The molecule has 0 aliphatic carbocycles. The number of benzene rings is 2. The van der Waals surface area contributed by atoms with Crippen LogP contribution in [0.25, 0.3) is 11.3 Å². The van der Waals surface area contributed by atoms with E-state index in [1.807, 2.05) is 0 Å². The molecule has 192 valence electrons. The van der Waals surface area contributed by atoms with E-state index in [0.717, 1.165) is 23.5 Å². The highest BCUT2D eigenvalue weighted by Gasteiger charge is 2.31. The van der Waals surface area contributed by atoms with Crippen LogP contribution in [-0.4, -0.2) is 34.2 Å². The van der Waals surface area contributed by atoms with Gasteiger partial charge in [0.2, 0.25) is 17.5 Å². The van der Waals surface area contributed by atoms with Crippen LogP contribution in [-0.2, 0) is 4.79 Å². The number of ketones is 1. The van der Waals surface area contributed by atoms with Crippen molar-refractivity contribution in [2.45, 2.75) is 19.3 Å². The highest BCUT2D eigenvalue weighted by Crippen LogP contribution is 2.36. The molecular formula is C23H17F4N5O4S. The molecule has 4 rings (SSSR count). The van der Waals surface area contributed by atoms with Crippen LogP contribution in [0, 0.1) is 5.82 Å². The number of carbonyl (C=O) groups is 2. The maximum Gasteiger partial charge on any atom is 0.573 e. The molecule has 0 spiro atoms. The topological polar surface area (TPSA) is 138 Å². The van der Waals surface area contributed by atoms with Crippen LogP contribution in [0.3, 0.4) is 0 Å². The molecule has 0 aliphatic heterocycles. The summed E-state index contributed by atoms with van der Waals surface area (Å²) in [5.41, 5.74) is 12.4. The summed E-state index contributed by atoms with van der Waals surface area (Å²) in [5, 5.41) is 3.95. The summed E-state index contributed by atoms with van der Waals surface area (Å²) in [6, 6.07) is 10.4. The quantitative estimate of drug-likeness (QED) is 0.245. The zero-order valence-corrected chi connectivity index (χ0v) is 19.6. The third kappa shape index (κ3) is 5.69. The molecule has 0 fully saturated rings. The molecule has 14 heteroatoms. The standard InChI is InChI=1S/C23H17F4N5O4S/c1-11(21(29)34)32(14-6-4-13(24)5-7-14)22-30-20(28)19(37-22)18(33)17-10-16(31-36-17)12-2-8-15(9-3-12)35-23(25,26)27/h2-11H,28H2,1H3,(H2,29,34)/t11-/m1/s1. The third-order valence-electron chi connectivity index (χ3n) is 5.08. The van der Waals surface area contributed by atoms with Crippen molar-refractivity contribution in [2.24, 2.45) is 5.73 Å². The minimum atomic E-state index is -4.83. The Hall–Kier alpha value is -4.46. The molecular weight excluding hydrogens is 518 g/mol. The number of anilines is 3. The Balaban J connectivity index is 1.61. The van der Waals surface area contributed by atoms with Crippen LogP contribution in [0.2, 0.25) is 0 Å². The van der Waals surface area contributed by atoms with Crippen LogP contribution >= 0.6 is 11.3 Å². The summed E-state index contributed by atoms with van der Waals surface area (Å²) in [6.07, 6.45) is -4.83. The second-order valence-electron chi connectivity index (χ2n) is 7.61. The van der Waals surface area contributed by atoms with E-state index >= 15 is 0 Å². The molecule has 37 heavy (non-hydrogen) atoms. The number of halogens is 4. The molecule has 0 unspecified atom stereocenters. The van der Waals surface area contributed by atoms with Crippen LogP contribution in [0.1, 0.15) is 22.4 Å². The Morgan fingerprint density at radius 2 is 1.76 bits per heavy atom. The zero-order chi connectivity index (χ0) is 26.9. The van der Waals surface area contributed by atoms with Gasteiger partial charge in [-0.15, -0.1) is 13.2 Å². The fourth-order valence-corrected chi connectivity index (χ4v) is 4.30. The van der Waals surface area contributed by atoms with E-state index in [1.54, 1.807) is 0 Å². The van der Waals surface area contributed by atoms with Gasteiger partial charge in [-0.3, -0.25) is 9.59 Å². The second-order valence-corrected chi connectivity index (χ2v) is 8.59. The number of carbonyl (C=O) groups excluding carboxylic acids is 2. The highest BCUT2D eigenvalue weighted by molar-refractivity contribution is 7.18. The van der Waals surface area contributed by atoms with Crippen molar-refractivity contribution in [2.75, 3.05) is 10.6 Å². The second kappa shape index (κ2) is 9.89. The number of aromatic nitrogens is 2. The number of alkyl halides is 3. The van der Waals surface area contributed by atoms with Gasteiger partial charge in [-0.1, -0.05) is 16.5 Å². The van der Waals surface area contributed by atoms with Crippen molar-refractivity contribution in [1.82, 2.24) is 10.1 Å². The number of primary amides is 1. The Morgan fingerprint density at radius 3 is 2.35 bits per heavy atom. The van der Waals surface area contributed by atoms with Crippen molar-refractivity contribution < 1.29 is 36.4 Å². The lowest BCUT2D eigenvalue weighted by Crippen LogP contribution is -2.39. The largest absolute Gasteiger partial charge is 0.573 e.